The van der Waals surface area contributed by atoms with Gasteiger partial charge in [-0.05, 0) is 23.8 Å². The number of rotatable bonds is 4. The number of benzene rings is 1. The fraction of sp³-hybridized carbons (Fsp3) is 0.0714. The standard InChI is InChI=1S/C14H11ClN2O3/c15-11-4-2-1-3-10(11)8-17-13(18)9-5-6-16-12(7-9)14(19)20/h1-7H,8H2,(H,17,18)(H,19,20). The Morgan fingerprint density at radius 3 is 2.70 bits per heavy atom. The minimum absolute atomic E-state index is 0.171. The van der Waals surface area contributed by atoms with Crippen molar-refractivity contribution in [2.24, 2.45) is 0 Å². The average molecular weight is 291 g/mol. The lowest BCUT2D eigenvalue weighted by molar-refractivity contribution is 0.0690. The molecule has 0 radical (unpaired) electrons. The predicted molar refractivity (Wildman–Crippen MR) is 73.8 cm³/mol. The summed E-state index contributed by atoms with van der Waals surface area (Å²) in [4.78, 5) is 26.4. The molecule has 0 unspecified atom stereocenters. The van der Waals surface area contributed by atoms with Gasteiger partial charge in [0.25, 0.3) is 5.91 Å². The molecule has 0 fully saturated rings. The molecule has 0 bridgehead atoms. The van der Waals surface area contributed by atoms with Crippen molar-refractivity contribution in [3.05, 3.63) is 64.4 Å². The summed E-state index contributed by atoms with van der Waals surface area (Å²) in [6.45, 7) is 0.267. The second kappa shape index (κ2) is 6.16. The zero-order valence-electron chi connectivity index (χ0n) is 10.3. The van der Waals surface area contributed by atoms with Crippen molar-refractivity contribution in [2.75, 3.05) is 0 Å². The molecule has 1 amide bonds. The molecule has 2 N–H and O–H groups in total. The van der Waals surface area contributed by atoms with Gasteiger partial charge in [-0.15, -0.1) is 0 Å². The highest BCUT2D eigenvalue weighted by atomic mass is 35.5. The second-order valence-electron chi connectivity index (χ2n) is 4.01. The normalized spacial score (nSPS) is 10.1. The van der Waals surface area contributed by atoms with Crippen molar-refractivity contribution in [1.82, 2.24) is 10.3 Å². The van der Waals surface area contributed by atoms with E-state index < -0.39 is 5.97 Å². The molecule has 0 aliphatic rings. The summed E-state index contributed by atoms with van der Waals surface area (Å²) in [6, 6.07) is 9.84. The number of carboxylic acid groups (broad SMARTS) is 1. The van der Waals surface area contributed by atoms with Crippen molar-refractivity contribution in [3.8, 4) is 0 Å². The number of nitrogens with zero attached hydrogens (tertiary/aromatic N) is 1. The smallest absolute Gasteiger partial charge is 0.354 e. The molecule has 2 rings (SSSR count). The van der Waals surface area contributed by atoms with Crippen molar-refractivity contribution in [1.29, 1.82) is 0 Å². The SMILES string of the molecule is O=C(NCc1ccccc1Cl)c1ccnc(C(=O)O)c1. The molecule has 1 aromatic heterocycles. The number of nitrogens with one attached hydrogen (secondary N) is 1. The van der Waals surface area contributed by atoms with E-state index in [9.17, 15) is 9.59 Å². The number of halogens is 1. The van der Waals surface area contributed by atoms with Gasteiger partial charge in [0.1, 0.15) is 5.69 Å². The minimum atomic E-state index is -1.18. The number of hydrogen-bond acceptors (Lipinski definition) is 3. The van der Waals surface area contributed by atoms with E-state index >= 15 is 0 Å². The lowest BCUT2D eigenvalue weighted by Gasteiger charge is -2.07. The molecule has 20 heavy (non-hydrogen) atoms. The number of pyridine rings is 1. The molecule has 0 aliphatic heterocycles. The zero-order chi connectivity index (χ0) is 14.5. The average Bonchev–Trinajstić information content (AvgIpc) is 2.46. The van der Waals surface area contributed by atoms with Crippen LogP contribution in [0.4, 0.5) is 0 Å². The zero-order valence-corrected chi connectivity index (χ0v) is 11.1. The third kappa shape index (κ3) is 3.33. The minimum Gasteiger partial charge on any atom is -0.477 e. The van der Waals surface area contributed by atoms with Crippen molar-refractivity contribution in [2.45, 2.75) is 6.54 Å². The van der Waals surface area contributed by atoms with Gasteiger partial charge in [0.15, 0.2) is 0 Å². The topological polar surface area (TPSA) is 79.3 Å². The van der Waals surface area contributed by atoms with Crippen molar-refractivity contribution in [3.63, 3.8) is 0 Å². The van der Waals surface area contributed by atoms with Gasteiger partial charge in [0.05, 0.1) is 0 Å². The molecule has 6 heteroatoms. The van der Waals surface area contributed by atoms with Crippen LogP contribution < -0.4 is 5.32 Å². The van der Waals surface area contributed by atoms with Gasteiger partial charge in [0.2, 0.25) is 0 Å². The summed E-state index contributed by atoms with van der Waals surface area (Å²) in [5.41, 5.74) is 0.856. The first kappa shape index (κ1) is 14.0. The van der Waals surface area contributed by atoms with E-state index in [1.54, 1.807) is 18.2 Å². The fourth-order valence-electron chi connectivity index (χ4n) is 1.61. The van der Waals surface area contributed by atoms with Crippen LogP contribution in [0.5, 0.6) is 0 Å². The number of aromatic nitrogens is 1. The van der Waals surface area contributed by atoms with E-state index in [2.05, 4.69) is 10.3 Å². The fourth-order valence-corrected chi connectivity index (χ4v) is 1.81. The first-order valence-corrected chi connectivity index (χ1v) is 6.16. The van der Waals surface area contributed by atoms with Crippen molar-refractivity contribution >= 4 is 23.5 Å². The Kier molecular flexibility index (Phi) is 4.32. The van der Waals surface area contributed by atoms with Crippen LogP contribution in [0.25, 0.3) is 0 Å². The monoisotopic (exact) mass is 290 g/mol. The highest BCUT2D eigenvalue weighted by Crippen LogP contribution is 2.14. The molecule has 102 valence electrons. The number of carboxylic acids is 1. The second-order valence-corrected chi connectivity index (χ2v) is 4.42. The third-order valence-electron chi connectivity index (χ3n) is 2.64. The number of hydrogen-bond donors (Lipinski definition) is 2. The molecule has 0 atom stereocenters. The molecule has 0 saturated heterocycles. The number of carbonyl (C=O) groups is 2. The predicted octanol–water partition coefficient (Wildman–Crippen LogP) is 2.36. The molecule has 1 heterocycles. The molecule has 5 nitrogen and oxygen atoms in total. The van der Waals surface area contributed by atoms with E-state index in [0.29, 0.717) is 5.02 Å². The Bertz CT molecular complexity index is 658. The lowest BCUT2D eigenvalue weighted by atomic mass is 10.2. The summed E-state index contributed by atoms with van der Waals surface area (Å²) in [5.74, 6) is -1.56. The largest absolute Gasteiger partial charge is 0.477 e. The first-order valence-electron chi connectivity index (χ1n) is 5.79. The molecule has 1 aromatic carbocycles. The summed E-state index contributed by atoms with van der Waals surface area (Å²) in [7, 11) is 0. The lowest BCUT2D eigenvalue weighted by Crippen LogP contribution is -2.23. The van der Waals surface area contributed by atoms with Crippen LogP contribution in [0.1, 0.15) is 26.4 Å². The Hall–Kier alpha value is -2.40. The van der Waals surface area contributed by atoms with E-state index in [1.165, 1.54) is 18.3 Å². The van der Waals surface area contributed by atoms with E-state index in [-0.39, 0.29) is 23.7 Å². The number of amides is 1. The van der Waals surface area contributed by atoms with E-state index in [4.69, 9.17) is 16.7 Å². The van der Waals surface area contributed by atoms with Crippen LogP contribution in [0.15, 0.2) is 42.6 Å². The van der Waals surface area contributed by atoms with Crippen molar-refractivity contribution < 1.29 is 14.7 Å². The number of aromatic carboxylic acids is 1. The number of carbonyl (C=O) groups excluding carboxylic acids is 1. The van der Waals surface area contributed by atoms with E-state index in [1.807, 2.05) is 6.07 Å². The Morgan fingerprint density at radius 1 is 1.25 bits per heavy atom. The van der Waals surface area contributed by atoms with Crippen LogP contribution in [0.2, 0.25) is 5.02 Å². The Labute approximate surface area is 120 Å². The third-order valence-corrected chi connectivity index (χ3v) is 3.01. The van der Waals surface area contributed by atoms with Crippen LogP contribution in [0.3, 0.4) is 0 Å². The molecule has 0 aliphatic carbocycles. The summed E-state index contributed by atoms with van der Waals surface area (Å²) >= 11 is 5.98. The van der Waals surface area contributed by atoms with E-state index in [0.717, 1.165) is 5.56 Å². The maximum absolute atomic E-state index is 11.9. The maximum Gasteiger partial charge on any atom is 0.354 e. The van der Waals surface area contributed by atoms with Gasteiger partial charge in [-0.3, -0.25) is 4.79 Å². The molecule has 2 aromatic rings. The highest BCUT2D eigenvalue weighted by molar-refractivity contribution is 6.31. The van der Waals surface area contributed by atoms with Crippen LogP contribution in [0, 0.1) is 0 Å². The summed E-state index contributed by atoms with van der Waals surface area (Å²) in [6.07, 6.45) is 1.29. The summed E-state index contributed by atoms with van der Waals surface area (Å²) < 4.78 is 0. The maximum atomic E-state index is 11.9. The van der Waals surface area contributed by atoms with Crippen LogP contribution in [-0.4, -0.2) is 22.0 Å². The summed E-state index contributed by atoms with van der Waals surface area (Å²) in [5, 5.41) is 12.1. The Morgan fingerprint density at radius 2 is 2.00 bits per heavy atom. The quantitative estimate of drug-likeness (QED) is 0.906. The van der Waals surface area contributed by atoms with Crippen LogP contribution >= 0.6 is 11.6 Å². The van der Waals surface area contributed by atoms with Gasteiger partial charge >= 0.3 is 5.97 Å². The van der Waals surface area contributed by atoms with Gasteiger partial charge in [-0.2, -0.15) is 0 Å². The molecule has 0 saturated carbocycles. The van der Waals surface area contributed by atoms with Gasteiger partial charge in [-0.1, -0.05) is 29.8 Å². The van der Waals surface area contributed by atoms with Gasteiger partial charge < -0.3 is 10.4 Å². The highest BCUT2D eigenvalue weighted by Gasteiger charge is 2.10. The van der Waals surface area contributed by atoms with Gasteiger partial charge in [-0.25, -0.2) is 9.78 Å². The molecule has 0 spiro atoms. The first-order chi connectivity index (χ1) is 9.58. The van der Waals surface area contributed by atoms with Crippen LogP contribution in [-0.2, 0) is 6.54 Å². The molecular weight excluding hydrogens is 280 g/mol. The molecular formula is C14H11ClN2O3. The van der Waals surface area contributed by atoms with Gasteiger partial charge in [0, 0.05) is 23.3 Å². The Balaban J connectivity index is 2.07.